The molecule has 0 saturated carbocycles. The highest BCUT2D eigenvalue weighted by molar-refractivity contribution is 6.16. The van der Waals surface area contributed by atoms with Crippen molar-refractivity contribution >= 4 is 11.4 Å². The lowest BCUT2D eigenvalue weighted by atomic mass is 9.94. The molecule has 0 aliphatic heterocycles. The van der Waals surface area contributed by atoms with Gasteiger partial charge in [0.05, 0.1) is 6.10 Å². The molecule has 0 bridgehead atoms. The molecule has 1 aliphatic carbocycles. The molecule has 1 aliphatic rings. The first-order valence-electron chi connectivity index (χ1n) is 9.32. The van der Waals surface area contributed by atoms with E-state index >= 15 is 0 Å². The fourth-order valence-electron chi connectivity index (χ4n) is 3.62. The van der Waals surface area contributed by atoms with Crippen LogP contribution >= 0.6 is 0 Å². The van der Waals surface area contributed by atoms with Gasteiger partial charge in [-0.15, -0.1) is 0 Å². The first kappa shape index (κ1) is 17.3. The summed E-state index contributed by atoms with van der Waals surface area (Å²) in [4.78, 5) is 13.3. The maximum Gasteiger partial charge on any atom is 0.189 e. The summed E-state index contributed by atoms with van der Waals surface area (Å²) in [7, 11) is 0. The van der Waals surface area contributed by atoms with Crippen LogP contribution in [0.15, 0.2) is 84.4 Å². The Balaban J connectivity index is 1.75. The van der Waals surface area contributed by atoms with Crippen LogP contribution in [0.4, 0.5) is 0 Å². The van der Waals surface area contributed by atoms with Crippen LogP contribution in [0.5, 0.6) is 5.75 Å². The fourth-order valence-corrected chi connectivity index (χ4v) is 3.62. The van der Waals surface area contributed by atoms with Crippen molar-refractivity contribution in [3.05, 3.63) is 107 Å². The van der Waals surface area contributed by atoms with Crippen molar-refractivity contribution in [3.63, 3.8) is 0 Å². The third kappa shape index (κ3) is 3.43. The zero-order valence-corrected chi connectivity index (χ0v) is 15.6. The highest BCUT2D eigenvalue weighted by Gasteiger charge is 2.27. The number of Topliss-reactive ketones (excluding diaryl/α,β-unsaturated/α-hetero) is 1. The number of hydrogen-bond acceptors (Lipinski definition) is 2. The van der Waals surface area contributed by atoms with E-state index in [-0.39, 0.29) is 11.9 Å². The Labute approximate surface area is 160 Å². The maximum absolute atomic E-state index is 13.3. The summed E-state index contributed by atoms with van der Waals surface area (Å²) in [5, 5.41) is 0. The molecule has 0 amide bonds. The van der Waals surface area contributed by atoms with Crippen molar-refractivity contribution in [2.45, 2.75) is 26.4 Å². The summed E-state index contributed by atoms with van der Waals surface area (Å²) in [6.07, 6.45) is 0.784. The molecule has 0 radical (unpaired) electrons. The summed E-state index contributed by atoms with van der Waals surface area (Å²) >= 11 is 0. The van der Waals surface area contributed by atoms with Crippen LogP contribution in [0.25, 0.3) is 5.57 Å². The summed E-state index contributed by atoms with van der Waals surface area (Å²) in [5.41, 5.74) is 6.07. The number of allylic oxidation sites excluding steroid dienone is 1. The molecule has 0 atom stereocenters. The van der Waals surface area contributed by atoms with Crippen LogP contribution in [-0.2, 0) is 6.42 Å². The second-order valence-corrected chi connectivity index (χ2v) is 7.07. The molecule has 2 nitrogen and oxygen atoms in total. The van der Waals surface area contributed by atoms with Crippen molar-refractivity contribution in [1.29, 1.82) is 0 Å². The number of carbonyl (C=O) groups excluding carboxylic acids is 1. The molecule has 3 aromatic rings. The first-order valence-corrected chi connectivity index (χ1v) is 9.32. The van der Waals surface area contributed by atoms with Crippen molar-refractivity contribution < 1.29 is 9.53 Å². The van der Waals surface area contributed by atoms with E-state index in [1.54, 1.807) is 0 Å². The standard InChI is InChI=1S/C25H22O2/c1-17(2)27-21-14-12-19(13-15-21)25(26)23-16-20-10-6-7-11-22(20)24(23)18-8-4-3-5-9-18/h3-15,17H,16H2,1-2H3. The highest BCUT2D eigenvalue weighted by atomic mass is 16.5. The average Bonchev–Trinajstić information content (AvgIpc) is 3.08. The minimum Gasteiger partial charge on any atom is -0.491 e. The van der Waals surface area contributed by atoms with Gasteiger partial charge in [-0.1, -0.05) is 54.6 Å². The van der Waals surface area contributed by atoms with Crippen LogP contribution < -0.4 is 4.74 Å². The predicted molar refractivity (Wildman–Crippen MR) is 109 cm³/mol. The van der Waals surface area contributed by atoms with Crippen molar-refractivity contribution in [2.24, 2.45) is 0 Å². The van der Waals surface area contributed by atoms with Crippen molar-refractivity contribution in [1.82, 2.24) is 0 Å². The van der Waals surface area contributed by atoms with Crippen LogP contribution in [0, 0.1) is 0 Å². The fraction of sp³-hybridized carbons (Fsp3) is 0.160. The monoisotopic (exact) mass is 354 g/mol. The number of carbonyl (C=O) groups is 1. The number of hydrogen-bond donors (Lipinski definition) is 0. The lowest BCUT2D eigenvalue weighted by Gasteiger charge is -2.11. The van der Waals surface area contributed by atoms with Gasteiger partial charge in [-0.3, -0.25) is 4.79 Å². The number of benzene rings is 3. The van der Waals surface area contributed by atoms with E-state index < -0.39 is 0 Å². The topological polar surface area (TPSA) is 26.3 Å². The third-order valence-corrected chi connectivity index (χ3v) is 4.78. The Bertz CT molecular complexity index is 996. The molecule has 4 rings (SSSR count). The zero-order valence-electron chi connectivity index (χ0n) is 15.6. The Morgan fingerprint density at radius 3 is 2.22 bits per heavy atom. The SMILES string of the molecule is CC(C)Oc1ccc(C(=O)C2=C(c3ccccc3)c3ccccc3C2)cc1. The van der Waals surface area contributed by atoms with Crippen molar-refractivity contribution in [2.75, 3.05) is 0 Å². The van der Waals surface area contributed by atoms with E-state index in [0.29, 0.717) is 12.0 Å². The second kappa shape index (κ2) is 7.24. The van der Waals surface area contributed by atoms with E-state index in [1.165, 1.54) is 5.56 Å². The molecule has 0 heterocycles. The van der Waals surface area contributed by atoms with E-state index in [4.69, 9.17) is 4.74 Å². The smallest absolute Gasteiger partial charge is 0.189 e. The molecule has 0 spiro atoms. The highest BCUT2D eigenvalue weighted by Crippen LogP contribution is 2.38. The molecule has 0 unspecified atom stereocenters. The number of rotatable bonds is 5. The van der Waals surface area contributed by atoms with Gasteiger partial charge in [0.1, 0.15) is 5.75 Å². The van der Waals surface area contributed by atoms with Gasteiger partial charge in [0.25, 0.3) is 0 Å². The lowest BCUT2D eigenvalue weighted by molar-refractivity contribution is 0.103. The summed E-state index contributed by atoms with van der Waals surface area (Å²) < 4.78 is 5.69. The van der Waals surface area contributed by atoms with Gasteiger partial charge in [0, 0.05) is 17.6 Å². The van der Waals surface area contributed by atoms with Gasteiger partial charge in [-0.25, -0.2) is 0 Å². The minimum atomic E-state index is 0.0844. The van der Waals surface area contributed by atoms with Gasteiger partial charge in [-0.2, -0.15) is 0 Å². The molecule has 0 N–H and O–H groups in total. The summed E-state index contributed by atoms with van der Waals surface area (Å²) in [6.45, 7) is 3.98. The van der Waals surface area contributed by atoms with Gasteiger partial charge < -0.3 is 4.74 Å². The minimum absolute atomic E-state index is 0.0844. The van der Waals surface area contributed by atoms with Crippen LogP contribution in [0.2, 0.25) is 0 Å². The van der Waals surface area contributed by atoms with E-state index in [9.17, 15) is 4.79 Å². The Kier molecular flexibility index (Phi) is 4.64. The van der Waals surface area contributed by atoms with Crippen LogP contribution in [0.1, 0.15) is 40.9 Å². The molecule has 27 heavy (non-hydrogen) atoms. The van der Waals surface area contributed by atoms with Crippen LogP contribution in [0.3, 0.4) is 0 Å². The Hall–Kier alpha value is -3.13. The molecule has 0 fully saturated rings. The molecular formula is C25H22O2. The van der Waals surface area contributed by atoms with Gasteiger partial charge in [-0.05, 0) is 60.4 Å². The molecule has 2 heteroatoms. The van der Waals surface area contributed by atoms with E-state index in [2.05, 4.69) is 24.3 Å². The second-order valence-electron chi connectivity index (χ2n) is 7.07. The van der Waals surface area contributed by atoms with Crippen molar-refractivity contribution in [3.8, 4) is 5.75 Å². The molecule has 0 aromatic heterocycles. The quantitative estimate of drug-likeness (QED) is 0.548. The van der Waals surface area contributed by atoms with E-state index in [1.807, 2.05) is 68.4 Å². The predicted octanol–water partition coefficient (Wildman–Crippen LogP) is 5.71. The Morgan fingerprint density at radius 2 is 1.52 bits per heavy atom. The zero-order chi connectivity index (χ0) is 18.8. The van der Waals surface area contributed by atoms with Gasteiger partial charge in [0.15, 0.2) is 5.78 Å². The average molecular weight is 354 g/mol. The first-order chi connectivity index (χ1) is 13.1. The largest absolute Gasteiger partial charge is 0.491 e. The molecule has 0 saturated heterocycles. The summed E-state index contributed by atoms with van der Waals surface area (Å²) in [6, 6.07) is 25.9. The summed E-state index contributed by atoms with van der Waals surface area (Å²) in [5.74, 6) is 0.870. The number of ketones is 1. The number of fused-ring (bicyclic) bond motifs is 1. The normalized spacial score (nSPS) is 13.0. The maximum atomic E-state index is 13.3. The van der Waals surface area contributed by atoms with E-state index in [0.717, 1.165) is 28.0 Å². The molecule has 134 valence electrons. The molecule has 3 aromatic carbocycles. The van der Waals surface area contributed by atoms with Gasteiger partial charge >= 0.3 is 0 Å². The van der Waals surface area contributed by atoms with Gasteiger partial charge in [0.2, 0.25) is 0 Å². The molecular weight excluding hydrogens is 332 g/mol. The van der Waals surface area contributed by atoms with Crippen LogP contribution in [-0.4, -0.2) is 11.9 Å². The Morgan fingerprint density at radius 1 is 0.852 bits per heavy atom. The number of ether oxygens (including phenoxy) is 1. The third-order valence-electron chi connectivity index (χ3n) is 4.78. The lowest BCUT2D eigenvalue weighted by Crippen LogP contribution is -2.07.